The number of esters is 1. The molecule has 2 amide bonds. The SMILES string of the molecule is CCOC(=O)c1c(NC(=O)c2ccc(OC(C)C(=O)NN=Cc3ccc(O)c(OCC)c3)cc2)sc(C)c1C. The maximum atomic E-state index is 12.8. The van der Waals surface area contributed by atoms with Gasteiger partial charge in [-0.05, 0) is 88.2 Å². The molecule has 206 valence electrons. The van der Waals surface area contributed by atoms with Gasteiger partial charge in [0.25, 0.3) is 11.8 Å². The Balaban J connectivity index is 1.58. The second kappa shape index (κ2) is 13.4. The van der Waals surface area contributed by atoms with Crippen LogP contribution in [-0.4, -0.2) is 48.4 Å². The number of anilines is 1. The van der Waals surface area contributed by atoms with Crippen LogP contribution in [0.3, 0.4) is 0 Å². The number of aryl methyl sites for hydroxylation is 1. The standard InChI is InChI=1S/C28H31N3O7S/c1-6-36-23-14-19(8-13-22(23)32)15-29-31-25(33)17(4)38-21-11-9-20(10-12-21)26(34)30-27-24(28(35)37-7-2)16(3)18(5)39-27/h8-15,17,32H,6-7H2,1-5H3,(H,30,34)(H,31,33). The van der Waals surface area contributed by atoms with E-state index in [1.165, 1.54) is 23.6 Å². The van der Waals surface area contributed by atoms with Crippen molar-refractivity contribution in [2.45, 2.75) is 40.7 Å². The fourth-order valence-corrected chi connectivity index (χ4v) is 4.47. The number of rotatable bonds is 11. The van der Waals surface area contributed by atoms with Crippen molar-refractivity contribution in [1.82, 2.24) is 5.43 Å². The Morgan fingerprint density at radius 1 is 1.08 bits per heavy atom. The molecule has 0 radical (unpaired) electrons. The van der Waals surface area contributed by atoms with Crippen LogP contribution in [0.4, 0.5) is 5.00 Å². The molecule has 3 aromatic rings. The summed E-state index contributed by atoms with van der Waals surface area (Å²) in [4.78, 5) is 38.5. The van der Waals surface area contributed by atoms with Crippen molar-refractivity contribution in [2.24, 2.45) is 5.10 Å². The summed E-state index contributed by atoms with van der Waals surface area (Å²) in [5.74, 6) is -0.633. The van der Waals surface area contributed by atoms with E-state index in [0.717, 1.165) is 10.4 Å². The highest BCUT2D eigenvalue weighted by Gasteiger charge is 2.22. The largest absolute Gasteiger partial charge is 0.504 e. The summed E-state index contributed by atoms with van der Waals surface area (Å²) in [7, 11) is 0. The van der Waals surface area contributed by atoms with Crippen LogP contribution in [0, 0.1) is 13.8 Å². The third-order valence-electron chi connectivity index (χ3n) is 5.56. The maximum Gasteiger partial charge on any atom is 0.341 e. The number of benzene rings is 2. The number of aromatic hydroxyl groups is 1. The van der Waals surface area contributed by atoms with Crippen LogP contribution < -0.4 is 20.2 Å². The van der Waals surface area contributed by atoms with Gasteiger partial charge < -0.3 is 24.6 Å². The molecule has 3 rings (SSSR count). The molecule has 0 saturated carbocycles. The van der Waals surface area contributed by atoms with E-state index in [4.69, 9.17) is 14.2 Å². The molecular formula is C28H31N3O7S. The zero-order valence-electron chi connectivity index (χ0n) is 22.4. The van der Waals surface area contributed by atoms with Crippen LogP contribution in [0.25, 0.3) is 0 Å². The van der Waals surface area contributed by atoms with Gasteiger partial charge in [-0.15, -0.1) is 11.3 Å². The van der Waals surface area contributed by atoms with Gasteiger partial charge in [0.15, 0.2) is 17.6 Å². The van der Waals surface area contributed by atoms with E-state index in [2.05, 4.69) is 15.8 Å². The molecule has 0 aliphatic carbocycles. The molecule has 0 bridgehead atoms. The summed E-state index contributed by atoms with van der Waals surface area (Å²) in [5.41, 5.74) is 4.51. The minimum atomic E-state index is -0.871. The van der Waals surface area contributed by atoms with E-state index in [1.54, 1.807) is 57.2 Å². The molecule has 2 aromatic carbocycles. The first-order chi connectivity index (χ1) is 18.6. The highest BCUT2D eigenvalue weighted by Crippen LogP contribution is 2.33. The van der Waals surface area contributed by atoms with Gasteiger partial charge in [0.05, 0.1) is 25.0 Å². The number of amides is 2. The van der Waals surface area contributed by atoms with E-state index in [9.17, 15) is 19.5 Å². The van der Waals surface area contributed by atoms with Gasteiger partial charge in [-0.25, -0.2) is 10.2 Å². The number of phenolic OH excluding ortho intramolecular Hbond substituents is 1. The summed E-state index contributed by atoms with van der Waals surface area (Å²) in [6.45, 7) is 9.42. The van der Waals surface area contributed by atoms with Crippen molar-refractivity contribution in [2.75, 3.05) is 18.5 Å². The molecule has 0 spiro atoms. The average Bonchev–Trinajstić information content (AvgIpc) is 3.18. The lowest BCUT2D eigenvalue weighted by molar-refractivity contribution is -0.127. The molecular weight excluding hydrogens is 522 g/mol. The van der Waals surface area contributed by atoms with E-state index >= 15 is 0 Å². The first kappa shape index (κ1) is 29.2. The van der Waals surface area contributed by atoms with Gasteiger partial charge in [0.1, 0.15) is 10.8 Å². The number of carbonyl (C=O) groups excluding carboxylic acids is 3. The van der Waals surface area contributed by atoms with Gasteiger partial charge in [-0.3, -0.25) is 9.59 Å². The highest BCUT2D eigenvalue weighted by molar-refractivity contribution is 7.16. The minimum Gasteiger partial charge on any atom is -0.504 e. The van der Waals surface area contributed by atoms with Crippen LogP contribution in [0.15, 0.2) is 47.6 Å². The molecule has 0 aliphatic heterocycles. The number of nitrogens with zero attached hydrogens (tertiary/aromatic N) is 1. The quantitative estimate of drug-likeness (QED) is 0.176. The summed E-state index contributed by atoms with van der Waals surface area (Å²) < 4.78 is 16.1. The van der Waals surface area contributed by atoms with Crippen LogP contribution in [0.2, 0.25) is 0 Å². The monoisotopic (exact) mass is 553 g/mol. The van der Waals surface area contributed by atoms with Crippen LogP contribution >= 0.6 is 11.3 Å². The molecule has 11 heteroatoms. The molecule has 10 nitrogen and oxygen atoms in total. The first-order valence-electron chi connectivity index (χ1n) is 12.3. The number of nitrogens with one attached hydrogen (secondary N) is 2. The van der Waals surface area contributed by atoms with Crippen molar-refractivity contribution in [1.29, 1.82) is 0 Å². The predicted molar refractivity (Wildman–Crippen MR) is 149 cm³/mol. The Labute approximate surface area is 230 Å². The lowest BCUT2D eigenvalue weighted by Gasteiger charge is -2.13. The van der Waals surface area contributed by atoms with Gasteiger partial charge in [-0.1, -0.05) is 0 Å². The van der Waals surface area contributed by atoms with Crippen LogP contribution in [-0.2, 0) is 9.53 Å². The normalized spacial score (nSPS) is 11.6. The number of phenols is 1. The Bertz CT molecular complexity index is 1370. The molecule has 1 atom stereocenters. The summed E-state index contributed by atoms with van der Waals surface area (Å²) in [6.07, 6.45) is 0.550. The predicted octanol–water partition coefficient (Wildman–Crippen LogP) is 4.82. The lowest BCUT2D eigenvalue weighted by Crippen LogP contribution is -2.33. The summed E-state index contributed by atoms with van der Waals surface area (Å²) in [6, 6.07) is 11.0. The highest BCUT2D eigenvalue weighted by atomic mass is 32.1. The number of carbonyl (C=O) groups is 3. The summed E-state index contributed by atoms with van der Waals surface area (Å²) >= 11 is 1.31. The molecule has 39 heavy (non-hydrogen) atoms. The van der Waals surface area contributed by atoms with Crippen LogP contribution in [0.5, 0.6) is 17.2 Å². The van der Waals surface area contributed by atoms with E-state index in [1.807, 2.05) is 13.8 Å². The van der Waals surface area contributed by atoms with Crippen molar-refractivity contribution in [3.63, 3.8) is 0 Å². The Morgan fingerprint density at radius 2 is 1.79 bits per heavy atom. The molecule has 1 aromatic heterocycles. The van der Waals surface area contributed by atoms with E-state index < -0.39 is 23.9 Å². The van der Waals surface area contributed by atoms with Crippen LogP contribution in [0.1, 0.15) is 57.5 Å². The van der Waals surface area contributed by atoms with E-state index in [0.29, 0.717) is 39.8 Å². The Hall–Kier alpha value is -4.38. The topological polar surface area (TPSA) is 136 Å². The van der Waals surface area contributed by atoms with Gasteiger partial charge in [0.2, 0.25) is 0 Å². The van der Waals surface area contributed by atoms with E-state index in [-0.39, 0.29) is 12.4 Å². The minimum absolute atomic E-state index is 0.0155. The number of ether oxygens (including phenoxy) is 3. The second-order valence-electron chi connectivity index (χ2n) is 8.34. The van der Waals surface area contributed by atoms with Gasteiger partial charge in [0, 0.05) is 10.4 Å². The number of thiophene rings is 1. The number of hydrogen-bond donors (Lipinski definition) is 3. The Morgan fingerprint density at radius 3 is 2.46 bits per heavy atom. The lowest BCUT2D eigenvalue weighted by atomic mass is 10.1. The molecule has 0 aliphatic rings. The molecule has 1 unspecified atom stereocenters. The summed E-state index contributed by atoms with van der Waals surface area (Å²) in [5, 5.41) is 16.9. The third kappa shape index (κ3) is 7.57. The van der Waals surface area contributed by atoms with Crippen molar-refractivity contribution >= 4 is 40.3 Å². The van der Waals surface area contributed by atoms with Crippen molar-refractivity contribution < 1.29 is 33.7 Å². The number of hydrazone groups is 1. The maximum absolute atomic E-state index is 12.8. The van der Waals surface area contributed by atoms with Gasteiger partial charge >= 0.3 is 5.97 Å². The fourth-order valence-electron chi connectivity index (χ4n) is 3.43. The van der Waals surface area contributed by atoms with Crippen molar-refractivity contribution in [3.05, 3.63) is 69.6 Å². The first-order valence-corrected chi connectivity index (χ1v) is 13.1. The third-order valence-corrected chi connectivity index (χ3v) is 6.69. The smallest absolute Gasteiger partial charge is 0.341 e. The molecule has 1 heterocycles. The Kier molecular flexibility index (Phi) is 10.0. The molecule has 3 N–H and O–H groups in total. The van der Waals surface area contributed by atoms with Gasteiger partial charge in [-0.2, -0.15) is 5.10 Å². The second-order valence-corrected chi connectivity index (χ2v) is 9.57. The zero-order chi connectivity index (χ0) is 28.5. The molecule has 0 fully saturated rings. The number of hydrogen-bond acceptors (Lipinski definition) is 9. The fraction of sp³-hybridized carbons (Fsp3) is 0.286. The zero-order valence-corrected chi connectivity index (χ0v) is 23.2. The molecule has 0 saturated heterocycles. The van der Waals surface area contributed by atoms with Crippen molar-refractivity contribution in [3.8, 4) is 17.2 Å². The average molecular weight is 554 g/mol.